The monoisotopic (exact) mass is 343 g/mol. The molecule has 8 heteroatoms. The van der Waals surface area contributed by atoms with Gasteiger partial charge in [0.25, 0.3) is 11.6 Å². The predicted molar refractivity (Wildman–Crippen MR) is 88.8 cm³/mol. The van der Waals surface area contributed by atoms with Crippen LogP contribution in [0.4, 0.5) is 5.69 Å². The number of aryl methyl sites for hydroxylation is 1. The number of amides is 1. The van der Waals surface area contributed by atoms with Gasteiger partial charge in [-0.05, 0) is 25.1 Å². The van der Waals surface area contributed by atoms with Crippen molar-refractivity contribution in [2.45, 2.75) is 13.5 Å². The normalized spacial score (nSPS) is 10.5. The van der Waals surface area contributed by atoms with E-state index in [1.807, 2.05) is 12.3 Å². The van der Waals surface area contributed by atoms with E-state index in [1.54, 1.807) is 12.1 Å². The highest BCUT2D eigenvalue weighted by Crippen LogP contribution is 2.23. The molecule has 0 aliphatic heterocycles. The molecule has 0 saturated heterocycles. The molecule has 0 bridgehead atoms. The molecule has 3 rings (SSSR count). The Kier molecular flexibility index (Phi) is 4.39. The minimum atomic E-state index is -0.536. The molecule has 0 fully saturated rings. The number of nitro benzene ring substituents is 1. The van der Waals surface area contributed by atoms with E-state index in [0.717, 1.165) is 10.7 Å². The lowest BCUT2D eigenvalue weighted by atomic mass is 10.2. The summed E-state index contributed by atoms with van der Waals surface area (Å²) in [6.07, 6.45) is 0. The molecular weight excluding hydrogens is 330 g/mol. The summed E-state index contributed by atoms with van der Waals surface area (Å²) in [5.74, 6) is 0.814. The summed E-state index contributed by atoms with van der Waals surface area (Å²) in [6, 6.07) is 9.13. The maximum atomic E-state index is 12.1. The highest BCUT2D eigenvalue weighted by Gasteiger charge is 2.13. The topological polar surface area (TPSA) is 98.3 Å². The summed E-state index contributed by atoms with van der Waals surface area (Å²) >= 11 is 1.53. The third-order valence-corrected chi connectivity index (χ3v) is 4.05. The summed E-state index contributed by atoms with van der Waals surface area (Å²) < 4.78 is 5.65. The van der Waals surface area contributed by atoms with Gasteiger partial charge in [0.1, 0.15) is 11.5 Å². The number of rotatable bonds is 5. The Hall–Kier alpha value is -3.00. The summed E-state index contributed by atoms with van der Waals surface area (Å²) in [4.78, 5) is 26.6. The third-order valence-electron chi connectivity index (χ3n) is 3.28. The molecule has 3 aromatic rings. The lowest BCUT2D eigenvalue weighted by Crippen LogP contribution is -2.22. The Labute approximate surface area is 141 Å². The van der Waals surface area contributed by atoms with Crippen LogP contribution in [0.25, 0.3) is 11.5 Å². The zero-order valence-corrected chi connectivity index (χ0v) is 13.5. The lowest BCUT2D eigenvalue weighted by Gasteiger charge is -2.03. The number of carbonyl (C=O) groups is 1. The number of furan rings is 1. The van der Waals surface area contributed by atoms with Gasteiger partial charge in [-0.25, -0.2) is 4.98 Å². The van der Waals surface area contributed by atoms with Gasteiger partial charge in [0.2, 0.25) is 0 Å². The number of carbonyl (C=O) groups excluding carboxylic acids is 1. The van der Waals surface area contributed by atoms with Crippen molar-refractivity contribution < 1.29 is 14.1 Å². The van der Waals surface area contributed by atoms with E-state index in [0.29, 0.717) is 11.5 Å². The van der Waals surface area contributed by atoms with Crippen molar-refractivity contribution in [1.82, 2.24) is 10.3 Å². The molecule has 2 aromatic heterocycles. The quantitative estimate of drug-likeness (QED) is 0.564. The van der Waals surface area contributed by atoms with Gasteiger partial charge in [-0.1, -0.05) is 6.07 Å². The fourth-order valence-corrected chi connectivity index (χ4v) is 2.72. The fraction of sp³-hybridized carbons (Fsp3) is 0.125. The Morgan fingerprint density at radius 2 is 2.21 bits per heavy atom. The Morgan fingerprint density at radius 3 is 2.92 bits per heavy atom. The molecule has 1 amide bonds. The smallest absolute Gasteiger partial charge is 0.270 e. The molecular formula is C16H13N3O4S. The highest BCUT2D eigenvalue weighted by molar-refractivity contribution is 7.09. The summed E-state index contributed by atoms with van der Waals surface area (Å²) in [5, 5.41) is 16.3. The van der Waals surface area contributed by atoms with Crippen molar-refractivity contribution in [2.75, 3.05) is 0 Å². The predicted octanol–water partition coefficient (Wildman–Crippen LogP) is 3.55. The number of thiazole rings is 1. The summed E-state index contributed by atoms with van der Waals surface area (Å²) in [7, 11) is 0. The fourth-order valence-electron chi connectivity index (χ4n) is 2.12. The molecule has 0 radical (unpaired) electrons. The van der Waals surface area contributed by atoms with E-state index in [1.165, 1.54) is 35.6 Å². The molecule has 0 aliphatic carbocycles. The highest BCUT2D eigenvalue weighted by atomic mass is 32.1. The van der Waals surface area contributed by atoms with Gasteiger partial charge in [0, 0.05) is 23.1 Å². The van der Waals surface area contributed by atoms with Crippen molar-refractivity contribution >= 4 is 22.9 Å². The number of aromatic nitrogens is 1. The van der Waals surface area contributed by atoms with Gasteiger partial charge in [0.15, 0.2) is 5.76 Å². The van der Waals surface area contributed by atoms with E-state index >= 15 is 0 Å². The van der Waals surface area contributed by atoms with Crippen LogP contribution in [0.1, 0.15) is 21.1 Å². The number of nitrogens with zero attached hydrogens (tertiary/aromatic N) is 2. The average molecular weight is 343 g/mol. The van der Waals surface area contributed by atoms with Gasteiger partial charge in [-0.3, -0.25) is 14.9 Å². The van der Waals surface area contributed by atoms with Crippen LogP contribution in [0.2, 0.25) is 0 Å². The van der Waals surface area contributed by atoms with Crippen molar-refractivity contribution in [3.63, 3.8) is 0 Å². The average Bonchev–Trinajstić information content (AvgIpc) is 3.21. The van der Waals surface area contributed by atoms with Crippen molar-refractivity contribution in [3.05, 3.63) is 68.2 Å². The van der Waals surface area contributed by atoms with Crippen molar-refractivity contribution in [2.24, 2.45) is 0 Å². The van der Waals surface area contributed by atoms with Crippen LogP contribution in [0.5, 0.6) is 0 Å². The molecule has 0 saturated carbocycles. The SMILES string of the molecule is Cc1nc(-c2ccc(CNC(=O)c3cccc([N+](=O)[O-])c3)o2)cs1. The molecule has 2 heterocycles. The molecule has 0 atom stereocenters. The lowest BCUT2D eigenvalue weighted by molar-refractivity contribution is -0.384. The van der Waals surface area contributed by atoms with Gasteiger partial charge < -0.3 is 9.73 Å². The minimum Gasteiger partial charge on any atom is -0.458 e. The molecule has 122 valence electrons. The van der Waals surface area contributed by atoms with Gasteiger partial charge >= 0.3 is 0 Å². The second-order valence-corrected chi connectivity index (χ2v) is 6.07. The molecule has 24 heavy (non-hydrogen) atoms. The van der Waals surface area contributed by atoms with Gasteiger partial charge in [-0.15, -0.1) is 11.3 Å². The van der Waals surface area contributed by atoms with E-state index in [4.69, 9.17) is 4.42 Å². The Balaban J connectivity index is 1.65. The standard InChI is InChI=1S/C16H13N3O4S/c1-10-18-14(9-24-10)15-6-5-13(23-15)8-17-16(20)11-3-2-4-12(7-11)19(21)22/h2-7,9H,8H2,1H3,(H,17,20). The first-order valence-corrected chi connectivity index (χ1v) is 7.95. The first kappa shape index (κ1) is 15.9. The first-order valence-electron chi connectivity index (χ1n) is 7.07. The van der Waals surface area contributed by atoms with Gasteiger partial charge in [0.05, 0.1) is 16.5 Å². The zero-order chi connectivity index (χ0) is 17.1. The van der Waals surface area contributed by atoms with Crippen LogP contribution in [-0.2, 0) is 6.54 Å². The van der Waals surface area contributed by atoms with Crippen molar-refractivity contribution in [1.29, 1.82) is 0 Å². The molecule has 1 aromatic carbocycles. The third kappa shape index (κ3) is 3.49. The molecule has 0 unspecified atom stereocenters. The van der Waals surface area contributed by atoms with E-state index in [2.05, 4.69) is 10.3 Å². The number of nitrogens with one attached hydrogen (secondary N) is 1. The number of hydrogen-bond donors (Lipinski definition) is 1. The van der Waals surface area contributed by atoms with Crippen molar-refractivity contribution in [3.8, 4) is 11.5 Å². The first-order chi connectivity index (χ1) is 11.5. The van der Waals surface area contributed by atoms with Crippen LogP contribution in [-0.4, -0.2) is 15.8 Å². The van der Waals surface area contributed by atoms with Gasteiger partial charge in [-0.2, -0.15) is 0 Å². The number of benzene rings is 1. The van der Waals surface area contributed by atoms with E-state index in [-0.39, 0.29) is 17.8 Å². The molecule has 0 aliphatic rings. The van der Waals surface area contributed by atoms with Crippen LogP contribution in [0.3, 0.4) is 0 Å². The van der Waals surface area contributed by atoms with Crippen LogP contribution in [0.15, 0.2) is 46.2 Å². The van der Waals surface area contributed by atoms with Crippen LogP contribution < -0.4 is 5.32 Å². The molecule has 1 N–H and O–H groups in total. The number of non-ortho nitro benzene ring substituents is 1. The summed E-state index contributed by atoms with van der Waals surface area (Å²) in [5.41, 5.74) is 0.863. The molecule has 7 nitrogen and oxygen atoms in total. The van der Waals surface area contributed by atoms with E-state index < -0.39 is 10.8 Å². The Bertz CT molecular complexity index is 900. The molecule has 0 spiro atoms. The maximum Gasteiger partial charge on any atom is 0.270 e. The largest absolute Gasteiger partial charge is 0.458 e. The second-order valence-electron chi connectivity index (χ2n) is 5.01. The number of hydrogen-bond acceptors (Lipinski definition) is 6. The van der Waals surface area contributed by atoms with E-state index in [9.17, 15) is 14.9 Å². The zero-order valence-electron chi connectivity index (χ0n) is 12.7. The van der Waals surface area contributed by atoms with Crippen LogP contribution in [0, 0.1) is 17.0 Å². The summed E-state index contributed by atoms with van der Waals surface area (Å²) in [6.45, 7) is 2.10. The second kappa shape index (κ2) is 6.63. The minimum absolute atomic E-state index is 0.123. The Morgan fingerprint density at radius 1 is 1.38 bits per heavy atom. The van der Waals surface area contributed by atoms with Crippen LogP contribution >= 0.6 is 11.3 Å². The maximum absolute atomic E-state index is 12.1. The number of nitro groups is 1.